The molecule has 0 amide bonds. The summed E-state index contributed by atoms with van der Waals surface area (Å²) in [6.07, 6.45) is 0. The lowest BCUT2D eigenvalue weighted by molar-refractivity contribution is 0.669. The Labute approximate surface area is 365 Å². The molecule has 9 nitrogen and oxygen atoms in total. The van der Waals surface area contributed by atoms with E-state index in [-0.39, 0.29) is 0 Å². The molecule has 6 heterocycles. The van der Waals surface area contributed by atoms with Crippen molar-refractivity contribution in [3.8, 4) is 11.6 Å². The molecule has 0 radical (unpaired) electrons. The number of imidazole rings is 4. The van der Waals surface area contributed by atoms with Gasteiger partial charge < -0.3 is 4.42 Å². The molecule has 0 fully saturated rings. The Balaban J connectivity index is 1.18. The van der Waals surface area contributed by atoms with Crippen molar-refractivity contribution in [3.05, 3.63) is 206 Å². The lowest BCUT2D eigenvalue weighted by atomic mass is 10.1. The molecule has 0 spiro atoms. The molecule has 0 saturated carbocycles. The van der Waals surface area contributed by atoms with Crippen molar-refractivity contribution in [3.63, 3.8) is 0 Å². The number of rotatable bonds is 6. The van der Waals surface area contributed by atoms with Crippen LogP contribution in [0, 0.1) is 0 Å². The number of hydrogen-bond acceptors (Lipinski definition) is 5. The number of benzene rings is 8. The van der Waals surface area contributed by atoms with Gasteiger partial charge in [-0.05, 0) is 76.2 Å². The monoisotopic (exact) mass is 838 g/mol. The summed E-state index contributed by atoms with van der Waals surface area (Å²) in [7, 11) is -3.44. The maximum absolute atomic E-state index is 6.45. The van der Waals surface area contributed by atoms with E-state index >= 15 is 0 Å². The van der Waals surface area contributed by atoms with Crippen molar-refractivity contribution < 1.29 is 4.42 Å². The molecule has 0 aliphatic heterocycles. The normalized spacial score (nSPS) is 12.4. The van der Waals surface area contributed by atoms with Crippen molar-refractivity contribution in [2.45, 2.75) is 0 Å². The third-order valence-electron chi connectivity index (χ3n) is 12.9. The number of aromatic nitrogens is 8. The first kappa shape index (κ1) is 35.0. The van der Waals surface area contributed by atoms with Crippen molar-refractivity contribution in [2.24, 2.45) is 0 Å². The fraction of sp³-hybridized carbons (Fsp3) is 0. The predicted molar refractivity (Wildman–Crippen MR) is 259 cm³/mol. The molecular weight excluding hydrogens is 805 g/mol. The first-order chi connectivity index (χ1) is 31.7. The Morgan fingerprint density at radius 3 is 1.36 bits per heavy atom. The Morgan fingerprint density at radius 1 is 0.344 bits per heavy atom. The van der Waals surface area contributed by atoms with Crippen molar-refractivity contribution in [1.29, 1.82) is 0 Å². The van der Waals surface area contributed by atoms with E-state index in [1.54, 1.807) is 0 Å². The molecule has 0 bridgehead atoms. The lowest BCUT2D eigenvalue weighted by Gasteiger charge is -2.32. The number of hydrogen-bond donors (Lipinski definition) is 0. The number of fused-ring (bicyclic) bond motifs is 13. The summed E-state index contributed by atoms with van der Waals surface area (Å²) in [4.78, 5) is 22.4. The first-order valence-corrected chi connectivity index (χ1v) is 23.4. The van der Waals surface area contributed by atoms with Crippen LogP contribution in [0.2, 0.25) is 0 Å². The van der Waals surface area contributed by atoms with Crippen LogP contribution in [0.15, 0.2) is 211 Å². The summed E-state index contributed by atoms with van der Waals surface area (Å²) in [5.74, 6) is 2.94. The van der Waals surface area contributed by atoms with Crippen LogP contribution in [-0.2, 0) is 0 Å². The Kier molecular flexibility index (Phi) is 7.23. The van der Waals surface area contributed by atoms with E-state index in [4.69, 9.17) is 24.4 Å². The van der Waals surface area contributed by atoms with Gasteiger partial charge in [0, 0.05) is 16.8 Å². The van der Waals surface area contributed by atoms with Gasteiger partial charge in [-0.1, -0.05) is 140 Å². The van der Waals surface area contributed by atoms with E-state index in [2.05, 4.69) is 200 Å². The van der Waals surface area contributed by atoms with Crippen LogP contribution in [0.25, 0.3) is 89.3 Å². The standard InChI is InChI=1S/C54H34N8OSi/c1-3-17-35(18-4-1)64(36-19-5-2-6-20-36,37-31-32-49-39(33-37)38-21-7-16-30-48(38)63-49)52-57-50(61-46-28-14-12-26-44(46)59-42-24-10-8-22-40(42)55-53(59)61)34-51(58-52)62-47-29-15-13-27-45(47)60-43-25-11-9-23-41(43)56-54(60)62/h1-34H. The average molecular weight is 839 g/mol. The smallest absolute Gasteiger partial charge is 0.226 e. The molecule has 0 saturated heterocycles. The summed E-state index contributed by atoms with van der Waals surface area (Å²) < 4.78 is 15.3. The van der Waals surface area contributed by atoms with Gasteiger partial charge in [-0.2, -0.15) is 0 Å². The lowest BCUT2D eigenvalue weighted by Crippen LogP contribution is -2.76. The molecule has 8 aromatic carbocycles. The molecule has 0 atom stereocenters. The van der Waals surface area contributed by atoms with Gasteiger partial charge in [0.1, 0.15) is 28.2 Å². The van der Waals surface area contributed by atoms with Gasteiger partial charge in [0.15, 0.2) is 0 Å². The number of furan rings is 1. The van der Waals surface area contributed by atoms with Gasteiger partial charge in [0.05, 0.1) is 44.1 Å². The quantitative estimate of drug-likeness (QED) is 0.123. The maximum Gasteiger partial charge on any atom is 0.226 e. The van der Waals surface area contributed by atoms with Crippen LogP contribution in [0.4, 0.5) is 0 Å². The molecule has 64 heavy (non-hydrogen) atoms. The number of nitrogens with zero attached hydrogens (tertiary/aromatic N) is 8. The zero-order valence-corrected chi connectivity index (χ0v) is 35.1. The van der Waals surface area contributed by atoms with Gasteiger partial charge in [-0.3, -0.25) is 17.9 Å². The van der Waals surface area contributed by atoms with Crippen molar-refractivity contribution in [1.82, 2.24) is 37.9 Å². The summed E-state index contributed by atoms with van der Waals surface area (Å²) in [5.41, 5.74) is 10.3. The highest BCUT2D eigenvalue weighted by atomic mass is 28.3. The fourth-order valence-electron chi connectivity index (χ4n) is 10.2. The molecular formula is C54H34N8OSi. The second-order valence-corrected chi connectivity index (χ2v) is 20.0. The number of para-hydroxylation sites is 9. The topological polar surface area (TPSA) is 83.4 Å². The second-order valence-electron chi connectivity index (χ2n) is 16.3. The molecule has 14 rings (SSSR count). The zero-order chi connectivity index (χ0) is 41.9. The zero-order valence-electron chi connectivity index (χ0n) is 34.1. The average Bonchev–Trinajstić information content (AvgIpc) is 4.16. The van der Waals surface area contributed by atoms with E-state index in [0.29, 0.717) is 11.6 Å². The van der Waals surface area contributed by atoms with Crippen molar-refractivity contribution >= 4 is 107 Å². The third kappa shape index (κ3) is 4.77. The van der Waals surface area contributed by atoms with Crippen LogP contribution in [0.1, 0.15) is 0 Å². The van der Waals surface area contributed by atoms with Gasteiger partial charge >= 0.3 is 0 Å². The predicted octanol–water partition coefficient (Wildman–Crippen LogP) is 9.24. The summed E-state index contributed by atoms with van der Waals surface area (Å²) in [6.45, 7) is 0. The van der Waals surface area contributed by atoms with Crippen LogP contribution in [-0.4, -0.2) is 45.9 Å². The first-order valence-electron chi connectivity index (χ1n) is 21.4. The third-order valence-corrected chi connectivity index (χ3v) is 17.4. The van der Waals surface area contributed by atoms with E-state index < -0.39 is 8.07 Å². The molecule has 0 unspecified atom stereocenters. The second kappa shape index (κ2) is 13.2. The Bertz CT molecular complexity index is 3950. The minimum Gasteiger partial charge on any atom is -0.456 e. The van der Waals surface area contributed by atoms with Gasteiger partial charge in [0.2, 0.25) is 19.6 Å². The molecule has 6 aromatic heterocycles. The van der Waals surface area contributed by atoms with Crippen LogP contribution in [0.5, 0.6) is 0 Å². The maximum atomic E-state index is 6.45. The molecule has 14 aromatic rings. The van der Waals surface area contributed by atoms with Crippen LogP contribution >= 0.6 is 0 Å². The summed E-state index contributed by atoms with van der Waals surface area (Å²) in [6, 6.07) is 72.4. The highest BCUT2D eigenvalue weighted by Crippen LogP contribution is 2.33. The van der Waals surface area contributed by atoms with E-state index in [1.807, 2.05) is 24.3 Å². The largest absolute Gasteiger partial charge is 0.456 e. The van der Waals surface area contributed by atoms with Crippen LogP contribution < -0.4 is 21.0 Å². The molecule has 0 N–H and O–H groups in total. The molecule has 10 heteroatoms. The SMILES string of the molecule is c1ccc([Si](c2ccccc2)(c2ccc3oc4ccccc4c3c2)c2nc(-n3c4ccccc4n4c5ccccc5nc34)cc(-n3c4ccccc4n4c5ccccc5nc34)n2)cc1. The van der Waals surface area contributed by atoms with Gasteiger partial charge in [-0.25, -0.2) is 19.9 Å². The highest BCUT2D eigenvalue weighted by Gasteiger charge is 2.46. The van der Waals surface area contributed by atoms with Crippen molar-refractivity contribution in [2.75, 3.05) is 0 Å². The van der Waals surface area contributed by atoms with Crippen LogP contribution in [0.3, 0.4) is 0 Å². The fourth-order valence-corrected chi connectivity index (χ4v) is 14.6. The molecule has 0 aliphatic carbocycles. The summed E-state index contributed by atoms with van der Waals surface area (Å²) in [5, 5.41) is 5.56. The Hall–Kier alpha value is -8.60. The molecule has 300 valence electrons. The molecule has 0 aliphatic rings. The van der Waals surface area contributed by atoms with Gasteiger partial charge in [-0.15, -0.1) is 0 Å². The minimum absolute atomic E-state index is 0.701. The summed E-state index contributed by atoms with van der Waals surface area (Å²) >= 11 is 0. The van der Waals surface area contributed by atoms with E-state index in [1.165, 1.54) is 0 Å². The van der Waals surface area contributed by atoms with E-state index in [9.17, 15) is 0 Å². The minimum atomic E-state index is -3.44. The highest BCUT2D eigenvalue weighted by molar-refractivity contribution is 7.19. The Morgan fingerprint density at radius 2 is 0.797 bits per heavy atom. The van der Waals surface area contributed by atoms with Gasteiger partial charge in [0.25, 0.3) is 0 Å². The van der Waals surface area contributed by atoms with E-state index in [0.717, 1.165) is 98.6 Å².